The minimum Gasteiger partial charge on any atom is -0.207 e. The second-order valence-corrected chi connectivity index (χ2v) is 6.87. The number of benzene rings is 1. The fourth-order valence-electron chi connectivity index (χ4n) is 2.68. The van der Waals surface area contributed by atoms with E-state index in [2.05, 4.69) is 6.07 Å². The molecule has 0 aliphatic heterocycles. The van der Waals surface area contributed by atoms with E-state index in [1.807, 2.05) is 0 Å². The predicted octanol–water partition coefficient (Wildman–Crippen LogP) is 5.43. The molecule has 0 fully saturated rings. The quantitative estimate of drug-likeness (QED) is 0.663. The molecule has 1 aromatic carbocycles. The zero-order valence-electron chi connectivity index (χ0n) is 11.0. The van der Waals surface area contributed by atoms with Crippen LogP contribution in [0.4, 0.5) is 8.78 Å². The van der Waals surface area contributed by atoms with E-state index in [4.69, 9.17) is 11.6 Å². The Morgan fingerprint density at radius 1 is 1.15 bits per heavy atom. The summed E-state index contributed by atoms with van der Waals surface area (Å²) in [5, 5.41) is -0.364. The zero-order chi connectivity index (χ0) is 14.1. The van der Waals surface area contributed by atoms with E-state index in [-0.39, 0.29) is 17.4 Å². The smallest absolute Gasteiger partial charge is 0.129 e. The van der Waals surface area contributed by atoms with Gasteiger partial charge in [0.1, 0.15) is 11.6 Å². The van der Waals surface area contributed by atoms with E-state index < -0.39 is 11.6 Å². The van der Waals surface area contributed by atoms with Crippen LogP contribution in [0.2, 0.25) is 0 Å². The van der Waals surface area contributed by atoms with Gasteiger partial charge in [-0.2, -0.15) is 0 Å². The van der Waals surface area contributed by atoms with Gasteiger partial charge in [-0.15, -0.1) is 22.9 Å². The van der Waals surface area contributed by atoms with Crippen LogP contribution in [-0.2, 0) is 19.3 Å². The molecule has 1 atom stereocenters. The summed E-state index contributed by atoms with van der Waals surface area (Å²) in [6, 6.07) is 6.06. The molecule has 0 bridgehead atoms. The Bertz CT molecular complexity index is 577. The maximum atomic E-state index is 13.7. The van der Waals surface area contributed by atoms with Gasteiger partial charge in [0.05, 0.1) is 5.38 Å². The molecular weight excluding hydrogens is 298 g/mol. The molecule has 3 rings (SSSR count). The average Bonchev–Trinajstić information content (AvgIpc) is 2.87. The normalized spacial score (nSPS) is 15.9. The molecule has 0 amide bonds. The van der Waals surface area contributed by atoms with Crippen molar-refractivity contribution in [1.82, 2.24) is 0 Å². The van der Waals surface area contributed by atoms with Gasteiger partial charge in [-0.05, 0) is 55.9 Å². The molecule has 0 saturated carbocycles. The summed E-state index contributed by atoms with van der Waals surface area (Å²) in [5.74, 6) is -1.03. The van der Waals surface area contributed by atoms with Gasteiger partial charge < -0.3 is 0 Å². The molecule has 2 aromatic rings. The van der Waals surface area contributed by atoms with Crippen LogP contribution in [0.25, 0.3) is 0 Å². The largest absolute Gasteiger partial charge is 0.207 e. The standard InChI is InChI=1S/C16H15ClF2S/c17-12(9-11-13(18)5-3-6-14(11)19)16-8-10-4-1-2-7-15(10)20-16/h3,5-6,8,12H,1-2,4,7,9H2. The van der Waals surface area contributed by atoms with Crippen molar-refractivity contribution >= 4 is 22.9 Å². The van der Waals surface area contributed by atoms with Crippen LogP contribution in [0.1, 0.15) is 39.1 Å². The molecule has 1 aliphatic rings. The summed E-state index contributed by atoms with van der Waals surface area (Å²) >= 11 is 8.08. The highest BCUT2D eigenvalue weighted by atomic mass is 35.5. The van der Waals surface area contributed by atoms with Crippen molar-refractivity contribution in [3.63, 3.8) is 0 Å². The number of halogens is 3. The Morgan fingerprint density at radius 2 is 1.85 bits per heavy atom. The van der Waals surface area contributed by atoms with Gasteiger partial charge in [-0.1, -0.05) is 6.07 Å². The molecule has 0 nitrogen and oxygen atoms in total. The summed E-state index contributed by atoms with van der Waals surface area (Å²) in [6.07, 6.45) is 4.85. The third-order valence-corrected chi connectivity index (χ3v) is 5.64. The molecule has 0 spiro atoms. The van der Waals surface area contributed by atoms with Crippen molar-refractivity contribution < 1.29 is 8.78 Å². The lowest BCUT2D eigenvalue weighted by atomic mass is 9.98. The first-order chi connectivity index (χ1) is 9.65. The topological polar surface area (TPSA) is 0 Å². The first-order valence-electron chi connectivity index (χ1n) is 6.83. The van der Waals surface area contributed by atoms with Gasteiger partial charge in [0.15, 0.2) is 0 Å². The molecule has 0 saturated heterocycles. The monoisotopic (exact) mass is 312 g/mol. The van der Waals surface area contributed by atoms with Crippen LogP contribution in [0.3, 0.4) is 0 Å². The molecule has 20 heavy (non-hydrogen) atoms. The summed E-state index contributed by atoms with van der Waals surface area (Å²) in [4.78, 5) is 2.42. The van der Waals surface area contributed by atoms with E-state index in [1.165, 1.54) is 41.5 Å². The van der Waals surface area contributed by atoms with E-state index >= 15 is 0 Å². The van der Waals surface area contributed by atoms with Gasteiger partial charge in [0, 0.05) is 15.3 Å². The molecule has 1 aliphatic carbocycles. The maximum absolute atomic E-state index is 13.7. The number of aryl methyl sites for hydroxylation is 2. The highest BCUT2D eigenvalue weighted by molar-refractivity contribution is 7.12. The summed E-state index contributed by atoms with van der Waals surface area (Å²) in [7, 11) is 0. The van der Waals surface area contributed by atoms with Crippen molar-refractivity contribution in [3.05, 3.63) is 56.8 Å². The van der Waals surface area contributed by atoms with Gasteiger partial charge in [0.25, 0.3) is 0 Å². The Kier molecular flexibility index (Phi) is 4.08. The SMILES string of the molecule is Fc1cccc(F)c1CC(Cl)c1cc2c(s1)CCCC2. The van der Waals surface area contributed by atoms with E-state index in [1.54, 1.807) is 11.3 Å². The van der Waals surface area contributed by atoms with Crippen molar-refractivity contribution in [2.24, 2.45) is 0 Å². The zero-order valence-corrected chi connectivity index (χ0v) is 12.5. The van der Waals surface area contributed by atoms with Crippen LogP contribution in [-0.4, -0.2) is 0 Å². The van der Waals surface area contributed by atoms with E-state index in [9.17, 15) is 8.78 Å². The lowest BCUT2D eigenvalue weighted by molar-refractivity contribution is 0.553. The van der Waals surface area contributed by atoms with Crippen LogP contribution >= 0.6 is 22.9 Å². The first-order valence-corrected chi connectivity index (χ1v) is 8.09. The number of hydrogen-bond donors (Lipinski definition) is 0. The second-order valence-electron chi connectivity index (χ2n) is 5.18. The van der Waals surface area contributed by atoms with Gasteiger partial charge >= 0.3 is 0 Å². The predicted molar refractivity (Wildman–Crippen MR) is 79.6 cm³/mol. The molecule has 4 heteroatoms. The highest BCUT2D eigenvalue weighted by Crippen LogP contribution is 2.37. The Morgan fingerprint density at radius 3 is 2.55 bits per heavy atom. The molecule has 1 heterocycles. The van der Waals surface area contributed by atoms with Crippen LogP contribution in [0.15, 0.2) is 24.3 Å². The lowest BCUT2D eigenvalue weighted by Gasteiger charge is -2.09. The van der Waals surface area contributed by atoms with Gasteiger partial charge in [0.2, 0.25) is 0 Å². The summed E-state index contributed by atoms with van der Waals surface area (Å²) in [5.41, 5.74) is 1.45. The van der Waals surface area contributed by atoms with E-state index in [0.717, 1.165) is 17.7 Å². The average molecular weight is 313 g/mol. The molecular formula is C16H15ClF2S. The van der Waals surface area contributed by atoms with Crippen LogP contribution < -0.4 is 0 Å². The molecule has 0 radical (unpaired) electrons. The van der Waals surface area contributed by atoms with Gasteiger partial charge in [-0.25, -0.2) is 8.78 Å². The third-order valence-electron chi connectivity index (χ3n) is 3.77. The van der Waals surface area contributed by atoms with Crippen LogP contribution in [0.5, 0.6) is 0 Å². The fourth-order valence-corrected chi connectivity index (χ4v) is 4.26. The lowest BCUT2D eigenvalue weighted by Crippen LogP contribution is -2.00. The summed E-state index contributed by atoms with van der Waals surface area (Å²) in [6.45, 7) is 0. The summed E-state index contributed by atoms with van der Waals surface area (Å²) < 4.78 is 27.3. The Labute approximate surface area is 126 Å². The highest BCUT2D eigenvalue weighted by Gasteiger charge is 2.20. The third kappa shape index (κ3) is 2.75. The fraction of sp³-hybridized carbons (Fsp3) is 0.375. The Balaban J connectivity index is 1.82. The first kappa shape index (κ1) is 14.0. The van der Waals surface area contributed by atoms with Crippen molar-refractivity contribution in [2.75, 3.05) is 0 Å². The number of thiophene rings is 1. The number of rotatable bonds is 3. The molecule has 1 aromatic heterocycles. The minimum absolute atomic E-state index is 0.0823. The van der Waals surface area contributed by atoms with Crippen LogP contribution in [0, 0.1) is 11.6 Å². The number of alkyl halides is 1. The molecule has 0 N–H and O–H groups in total. The van der Waals surface area contributed by atoms with Crippen molar-refractivity contribution in [3.8, 4) is 0 Å². The van der Waals surface area contributed by atoms with E-state index in [0.29, 0.717) is 0 Å². The maximum Gasteiger partial charge on any atom is 0.129 e. The molecule has 1 unspecified atom stereocenters. The molecule has 106 valence electrons. The Hall–Kier alpha value is -0.930. The number of fused-ring (bicyclic) bond motifs is 1. The van der Waals surface area contributed by atoms with Gasteiger partial charge in [-0.3, -0.25) is 0 Å². The minimum atomic E-state index is -0.517. The van der Waals surface area contributed by atoms with Crippen molar-refractivity contribution in [2.45, 2.75) is 37.5 Å². The van der Waals surface area contributed by atoms with Crippen molar-refractivity contribution in [1.29, 1.82) is 0 Å². The number of hydrogen-bond acceptors (Lipinski definition) is 1. The second kappa shape index (κ2) is 5.82.